The van der Waals surface area contributed by atoms with Gasteiger partial charge < -0.3 is 15.0 Å². The van der Waals surface area contributed by atoms with Gasteiger partial charge in [0.05, 0.1) is 13.7 Å². The lowest BCUT2D eigenvalue weighted by Gasteiger charge is -2.34. The molecule has 1 N–H and O–H groups in total. The SMILES string of the molecule is CCc1cccc(C)c1NC(=O)CN1CCN(C(=O)c2cccc(OC)c2)CC1. The van der Waals surface area contributed by atoms with Crippen molar-refractivity contribution in [1.82, 2.24) is 9.80 Å². The van der Waals surface area contributed by atoms with Crippen molar-refractivity contribution in [3.63, 3.8) is 0 Å². The molecule has 3 rings (SSSR count). The van der Waals surface area contributed by atoms with Gasteiger partial charge in [0.25, 0.3) is 5.91 Å². The maximum Gasteiger partial charge on any atom is 0.254 e. The molecule has 2 amide bonds. The van der Waals surface area contributed by atoms with E-state index in [-0.39, 0.29) is 11.8 Å². The van der Waals surface area contributed by atoms with E-state index in [2.05, 4.69) is 17.1 Å². The molecule has 0 aliphatic carbocycles. The summed E-state index contributed by atoms with van der Waals surface area (Å²) in [6.07, 6.45) is 0.877. The van der Waals surface area contributed by atoms with Crippen molar-refractivity contribution in [2.75, 3.05) is 45.2 Å². The Labute approximate surface area is 172 Å². The molecule has 2 aromatic carbocycles. The molecule has 6 nitrogen and oxygen atoms in total. The van der Waals surface area contributed by atoms with Crippen LogP contribution in [-0.4, -0.2) is 61.4 Å². The van der Waals surface area contributed by atoms with Gasteiger partial charge in [-0.3, -0.25) is 14.5 Å². The van der Waals surface area contributed by atoms with Gasteiger partial charge in [0.15, 0.2) is 0 Å². The second-order valence-electron chi connectivity index (χ2n) is 7.31. The summed E-state index contributed by atoms with van der Waals surface area (Å²) in [4.78, 5) is 29.2. The van der Waals surface area contributed by atoms with Crippen LogP contribution in [0.5, 0.6) is 5.75 Å². The highest BCUT2D eigenvalue weighted by molar-refractivity contribution is 5.95. The number of carbonyl (C=O) groups excluding carboxylic acids is 2. The Hall–Kier alpha value is -2.86. The van der Waals surface area contributed by atoms with E-state index in [1.165, 1.54) is 0 Å². The zero-order chi connectivity index (χ0) is 20.8. The third-order valence-corrected chi connectivity index (χ3v) is 5.35. The number of benzene rings is 2. The van der Waals surface area contributed by atoms with Crippen molar-refractivity contribution in [3.05, 3.63) is 59.2 Å². The molecule has 6 heteroatoms. The highest BCUT2D eigenvalue weighted by atomic mass is 16.5. The van der Waals surface area contributed by atoms with E-state index in [9.17, 15) is 9.59 Å². The summed E-state index contributed by atoms with van der Waals surface area (Å²) in [7, 11) is 1.59. The average Bonchev–Trinajstić information content (AvgIpc) is 2.75. The third kappa shape index (κ3) is 5.15. The standard InChI is InChI=1S/C23H29N3O3/c1-4-18-8-5-7-17(2)22(18)24-21(27)16-25-11-13-26(14-12-25)23(28)19-9-6-10-20(15-19)29-3/h5-10,15H,4,11-14,16H2,1-3H3,(H,24,27). The van der Waals surface area contributed by atoms with E-state index in [0.29, 0.717) is 44.0 Å². The molecule has 29 heavy (non-hydrogen) atoms. The number of methoxy groups -OCH3 is 1. The van der Waals surface area contributed by atoms with Crippen LogP contribution in [0.4, 0.5) is 5.69 Å². The number of amides is 2. The lowest BCUT2D eigenvalue weighted by Crippen LogP contribution is -2.50. The quantitative estimate of drug-likeness (QED) is 0.817. The number of anilines is 1. The fourth-order valence-electron chi connectivity index (χ4n) is 3.63. The zero-order valence-electron chi connectivity index (χ0n) is 17.4. The van der Waals surface area contributed by atoms with Gasteiger partial charge >= 0.3 is 0 Å². The molecule has 1 fully saturated rings. The van der Waals surface area contributed by atoms with Gasteiger partial charge in [0.1, 0.15) is 5.75 Å². The third-order valence-electron chi connectivity index (χ3n) is 5.35. The number of hydrogen-bond donors (Lipinski definition) is 1. The molecular weight excluding hydrogens is 366 g/mol. The predicted octanol–water partition coefficient (Wildman–Crippen LogP) is 2.96. The topological polar surface area (TPSA) is 61.9 Å². The molecule has 0 aromatic heterocycles. The second-order valence-corrected chi connectivity index (χ2v) is 7.31. The van der Waals surface area contributed by atoms with Crippen LogP contribution >= 0.6 is 0 Å². The van der Waals surface area contributed by atoms with Gasteiger partial charge in [-0.2, -0.15) is 0 Å². The zero-order valence-corrected chi connectivity index (χ0v) is 17.4. The van der Waals surface area contributed by atoms with Crippen LogP contribution in [0.1, 0.15) is 28.4 Å². The van der Waals surface area contributed by atoms with E-state index < -0.39 is 0 Å². The molecule has 1 saturated heterocycles. The minimum Gasteiger partial charge on any atom is -0.497 e. The maximum atomic E-state index is 12.7. The molecule has 154 valence electrons. The van der Waals surface area contributed by atoms with Crippen molar-refractivity contribution >= 4 is 17.5 Å². The van der Waals surface area contributed by atoms with Crippen molar-refractivity contribution in [3.8, 4) is 5.75 Å². The van der Waals surface area contributed by atoms with Crippen molar-refractivity contribution < 1.29 is 14.3 Å². The molecule has 2 aromatic rings. The molecular formula is C23H29N3O3. The second kappa shape index (κ2) is 9.56. The number of para-hydroxylation sites is 1. The lowest BCUT2D eigenvalue weighted by atomic mass is 10.1. The molecule has 1 aliphatic rings. The first-order valence-electron chi connectivity index (χ1n) is 10.1. The highest BCUT2D eigenvalue weighted by Gasteiger charge is 2.23. The number of carbonyl (C=O) groups is 2. The van der Waals surface area contributed by atoms with Gasteiger partial charge in [-0.1, -0.05) is 31.2 Å². The number of nitrogens with one attached hydrogen (secondary N) is 1. The Kier molecular flexibility index (Phi) is 6.88. The van der Waals surface area contributed by atoms with E-state index >= 15 is 0 Å². The minimum absolute atomic E-state index is 0.000462. The first-order chi connectivity index (χ1) is 14.0. The molecule has 0 bridgehead atoms. The van der Waals surface area contributed by atoms with Gasteiger partial charge in [-0.05, 0) is 42.7 Å². The summed E-state index contributed by atoms with van der Waals surface area (Å²) in [5.41, 5.74) is 3.77. The van der Waals surface area contributed by atoms with Crippen LogP contribution < -0.4 is 10.1 Å². The molecule has 0 atom stereocenters. The predicted molar refractivity (Wildman–Crippen MR) is 115 cm³/mol. The number of piperazine rings is 1. The van der Waals surface area contributed by atoms with Crippen LogP contribution in [0.25, 0.3) is 0 Å². The van der Waals surface area contributed by atoms with E-state index in [1.807, 2.05) is 42.2 Å². The summed E-state index contributed by atoms with van der Waals surface area (Å²) in [5.74, 6) is 0.663. The Morgan fingerprint density at radius 1 is 1.07 bits per heavy atom. The Bertz CT molecular complexity index is 873. The largest absolute Gasteiger partial charge is 0.497 e. The van der Waals surface area contributed by atoms with E-state index in [4.69, 9.17) is 4.74 Å². The summed E-state index contributed by atoms with van der Waals surface area (Å²) in [6, 6.07) is 13.3. The number of ether oxygens (including phenoxy) is 1. The van der Waals surface area contributed by atoms with Gasteiger partial charge in [0, 0.05) is 37.4 Å². The van der Waals surface area contributed by atoms with Gasteiger partial charge in [-0.15, -0.1) is 0 Å². The Morgan fingerprint density at radius 3 is 2.48 bits per heavy atom. The smallest absolute Gasteiger partial charge is 0.254 e. The van der Waals surface area contributed by atoms with Gasteiger partial charge in [-0.25, -0.2) is 0 Å². The summed E-state index contributed by atoms with van der Waals surface area (Å²) >= 11 is 0. The van der Waals surface area contributed by atoms with Crippen molar-refractivity contribution in [2.45, 2.75) is 20.3 Å². The number of hydrogen-bond acceptors (Lipinski definition) is 4. The molecule has 0 unspecified atom stereocenters. The summed E-state index contributed by atoms with van der Waals surface area (Å²) < 4.78 is 5.20. The molecule has 0 saturated carbocycles. The number of aryl methyl sites for hydroxylation is 2. The number of nitrogens with zero attached hydrogens (tertiary/aromatic N) is 2. The Balaban J connectivity index is 1.53. The van der Waals surface area contributed by atoms with Crippen LogP contribution in [0.2, 0.25) is 0 Å². The van der Waals surface area contributed by atoms with Crippen molar-refractivity contribution in [1.29, 1.82) is 0 Å². The minimum atomic E-state index is -0.0124. The van der Waals surface area contributed by atoms with E-state index in [0.717, 1.165) is 23.2 Å². The van der Waals surface area contributed by atoms with Crippen LogP contribution in [0.15, 0.2) is 42.5 Å². The normalized spacial score (nSPS) is 14.5. The average molecular weight is 396 g/mol. The highest BCUT2D eigenvalue weighted by Crippen LogP contribution is 2.21. The first-order valence-corrected chi connectivity index (χ1v) is 10.1. The molecule has 0 radical (unpaired) electrons. The monoisotopic (exact) mass is 395 g/mol. The fourth-order valence-corrected chi connectivity index (χ4v) is 3.63. The lowest BCUT2D eigenvalue weighted by molar-refractivity contribution is -0.117. The van der Waals surface area contributed by atoms with Crippen LogP contribution in [-0.2, 0) is 11.2 Å². The fraction of sp³-hybridized carbons (Fsp3) is 0.391. The van der Waals surface area contributed by atoms with E-state index in [1.54, 1.807) is 19.2 Å². The van der Waals surface area contributed by atoms with Gasteiger partial charge in [0.2, 0.25) is 5.91 Å². The van der Waals surface area contributed by atoms with Crippen LogP contribution in [0, 0.1) is 6.92 Å². The number of rotatable bonds is 6. The molecule has 0 spiro atoms. The Morgan fingerprint density at radius 2 is 1.79 bits per heavy atom. The van der Waals surface area contributed by atoms with Crippen LogP contribution in [0.3, 0.4) is 0 Å². The molecule has 1 aliphatic heterocycles. The summed E-state index contributed by atoms with van der Waals surface area (Å²) in [5, 5.41) is 3.07. The first kappa shape index (κ1) is 20.9. The molecule has 1 heterocycles. The van der Waals surface area contributed by atoms with Crippen molar-refractivity contribution in [2.24, 2.45) is 0 Å². The summed E-state index contributed by atoms with van der Waals surface area (Å²) in [6.45, 7) is 7.00. The maximum absolute atomic E-state index is 12.7.